The smallest absolute Gasteiger partial charge is 0.0878 e. The zero-order chi connectivity index (χ0) is 12.3. The Morgan fingerprint density at radius 2 is 2.00 bits per heavy atom. The number of hydrogen-bond donors (Lipinski definition) is 1. The molecule has 1 unspecified atom stereocenters. The van der Waals surface area contributed by atoms with Gasteiger partial charge in [0.25, 0.3) is 0 Å². The molecule has 1 atom stereocenters. The minimum Gasteiger partial charge on any atom is -0.376 e. The van der Waals surface area contributed by atoms with E-state index in [1.807, 2.05) is 11.4 Å². The van der Waals surface area contributed by atoms with E-state index in [-0.39, 0.29) is 11.6 Å². The molecule has 0 amide bonds. The molecule has 1 aliphatic carbocycles. The van der Waals surface area contributed by atoms with Gasteiger partial charge < -0.3 is 10.5 Å². The first-order valence-corrected chi connectivity index (χ1v) is 7.49. The number of halogens is 1. The number of ether oxygens (including phenoxy) is 1. The van der Waals surface area contributed by atoms with Crippen LogP contribution in [0.25, 0.3) is 0 Å². The van der Waals surface area contributed by atoms with E-state index in [4.69, 9.17) is 22.1 Å². The van der Waals surface area contributed by atoms with Crippen molar-refractivity contribution in [1.29, 1.82) is 0 Å². The topological polar surface area (TPSA) is 35.2 Å². The predicted octanol–water partition coefficient (Wildman–Crippen LogP) is 4.14. The third kappa shape index (κ3) is 2.68. The van der Waals surface area contributed by atoms with Crippen LogP contribution in [-0.4, -0.2) is 12.7 Å². The summed E-state index contributed by atoms with van der Waals surface area (Å²) in [7, 11) is 1.78. The minimum absolute atomic E-state index is 0.0990. The molecule has 0 bridgehead atoms. The standard InChI is InChI=1S/C13H20ClNOS/c1-16-13(7-4-2-3-5-8-13)12(15)11-10(14)6-9-17-11/h6,9,12H,2-5,7-8,15H2,1H3. The molecular weight excluding hydrogens is 254 g/mol. The highest BCUT2D eigenvalue weighted by atomic mass is 35.5. The Balaban J connectivity index is 2.24. The molecule has 1 aromatic heterocycles. The van der Waals surface area contributed by atoms with Gasteiger partial charge in [0.2, 0.25) is 0 Å². The average molecular weight is 274 g/mol. The van der Waals surface area contributed by atoms with E-state index in [0.29, 0.717) is 0 Å². The Hall–Kier alpha value is -0.0900. The van der Waals surface area contributed by atoms with E-state index in [2.05, 4.69) is 0 Å². The molecule has 0 saturated heterocycles. The maximum absolute atomic E-state index is 6.43. The summed E-state index contributed by atoms with van der Waals surface area (Å²) >= 11 is 7.82. The molecule has 2 nitrogen and oxygen atoms in total. The van der Waals surface area contributed by atoms with Gasteiger partial charge in [-0.1, -0.05) is 37.3 Å². The fourth-order valence-electron chi connectivity index (χ4n) is 2.74. The van der Waals surface area contributed by atoms with Crippen LogP contribution >= 0.6 is 22.9 Å². The summed E-state index contributed by atoms with van der Waals surface area (Å²) in [5, 5.41) is 2.78. The number of hydrogen-bond acceptors (Lipinski definition) is 3. The van der Waals surface area contributed by atoms with Crippen LogP contribution in [0.4, 0.5) is 0 Å². The molecule has 1 saturated carbocycles. The van der Waals surface area contributed by atoms with Crippen molar-refractivity contribution in [2.45, 2.75) is 50.2 Å². The molecule has 17 heavy (non-hydrogen) atoms. The molecule has 2 N–H and O–H groups in total. The van der Waals surface area contributed by atoms with Gasteiger partial charge in [-0.25, -0.2) is 0 Å². The summed E-state index contributed by atoms with van der Waals surface area (Å²) in [5.41, 5.74) is 6.21. The van der Waals surface area contributed by atoms with Crippen molar-refractivity contribution in [2.75, 3.05) is 7.11 Å². The normalized spacial score (nSPS) is 22.1. The lowest BCUT2D eigenvalue weighted by Gasteiger charge is -2.36. The van der Waals surface area contributed by atoms with Gasteiger partial charge in [-0.2, -0.15) is 0 Å². The Kier molecular flexibility index (Phi) is 4.47. The minimum atomic E-state index is -0.217. The Bertz CT molecular complexity index is 358. The van der Waals surface area contributed by atoms with Gasteiger partial charge in [0.1, 0.15) is 0 Å². The third-order valence-corrected chi connectivity index (χ3v) is 5.29. The van der Waals surface area contributed by atoms with E-state index >= 15 is 0 Å². The summed E-state index contributed by atoms with van der Waals surface area (Å²) in [4.78, 5) is 1.07. The summed E-state index contributed by atoms with van der Waals surface area (Å²) in [6, 6.07) is 1.82. The molecule has 1 aliphatic rings. The molecule has 96 valence electrons. The third-order valence-electron chi connectivity index (χ3n) is 3.85. The summed E-state index contributed by atoms with van der Waals surface area (Å²) in [5.74, 6) is 0. The van der Waals surface area contributed by atoms with E-state index in [0.717, 1.165) is 22.7 Å². The van der Waals surface area contributed by atoms with Crippen LogP contribution in [0.1, 0.15) is 49.4 Å². The van der Waals surface area contributed by atoms with Crippen LogP contribution < -0.4 is 5.73 Å². The first-order chi connectivity index (χ1) is 8.19. The van der Waals surface area contributed by atoms with Crippen LogP contribution in [0.15, 0.2) is 11.4 Å². The monoisotopic (exact) mass is 273 g/mol. The van der Waals surface area contributed by atoms with Crippen molar-refractivity contribution >= 4 is 22.9 Å². The van der Waals surface area contributed by atoms with Crippen molar-refractivity contribution in [3.05, 3.63) is 21.3 Å². The zero-order valence-corrected chi connectivity index (χ0v) is 11.8. The molecule has 4 heteroatoms. The second kappa shape index (κ2) is 5.70. The van der Waals surface area contributed by atoms with Crippen LogP contribution in [0.3, 0.4) is 0 Å². The lowest BCUT2D eigenvalue weighted by atomic mass is 9.85. The second-order valence-electron chi connectivity index (χ2n) is 4.79. The van der Waals surface area contributed by atoms with Crippen molar-refractivity contribution in [2.24, 2.45) is 5.73 Å². The molecule has 1 aromatic rings. The van der Waals surface area contributed by atoms with Crippen molar-refractivity contribution in [3.8, 4) is 0 Å². The average Bonchev–Trinajstić information content (AvgIpc) is 2.64. The predicted molar refractivity (Wildman–Crippen MR) is 73.7 cm³/mol. The van der Waals surface area contributed by atoms with Gasteiger partial charge in [-0.15, -0.1) is 11.3 Å². The highest BCUT2D eigenvalue weighted by Crippen LogP contribution is 2.42. The van der Waals surface area contributed by atoms with E-state index < -0.39 is 0 Å². The Labute approximate surface area is 112 Å². The number of nitrogens with two attached hydrogens (primary N) is 1. The summed E-state index contributed by atoms with van der Waals surface area (Å²) in [6.45, 7) is 0. The number of thiophene rings is 1. The van der Waals surface area contributed by atoms with Crippen molar-refractivity contribution < 1.29 is 4.74 Å². The fraction of sp³-hybridized carbons (Fsp3) is 0.692. The molecule has 0 radical (unpaired) electrons. The zero-order valence-electron chi connectivity index (χ0n) is 10.2. The molecule has 1 fully saturated rings. The molecule has 0 spiro atoms. The largest absolute Gasteiger partial charge is 0.376 e. The van der Waals surface area contributed by atoms with Gasteiger partial charge >= 0.3 is 0 Å². The Morgan fingerprint density at radius 3 is 2.47 bits per heavy atom. The van der Waals surface area contributed by atoms with Crippen LogP contribution in [0, 0.1) is 0 Å². The Morgan fingerprint density at radius 1 is 1.35 bits per heavy atom. The molecule has 1 heterocycles. The van der Waals surface area contributed by atoms with E-state index in [1.165, 1.54) is 25.7 Å². The summed E-state index contributed by atoms with van der Waals surface area (Å²) in [6.07, 6.45) is 7.05. The van der Waals surface area contributed by atoms with Crippen molar-refractivity contribution in [3.63, 3.8) is 0 Å². The lowest BCUT2D eigenvalue weighted by Crippen LogP contribution is -2.42. The molecular formula is C13H20ClNOS. The van der Waals surface area contributed by atoms with Gasteiger partial charge in [0, 0.05) is 12.0 Å². The maximum Gasteiger partial charge on any atom is 0.0878 e. The fourth-order valence-corrected chi connectivity index (χ4v) is 4.02. The second-order valence-corrected chi connectivity index (χ2v) is 6.15. The summed E-state index contributed by atoms with van der Waals surface area (Å²) < 4.78 is 5.82. The van der Waals surface area contributed by atoms with Gasteiger partial charge in [0.15, 0.2) is 0 Å². The SMILES string of the molecule is COC1(C(N)c2sccc2Cl)CCCCCC1. The maximum atomic E-state index is 6.43. The molecule has 0 aliphatic heterocycles. The first-order valence-electron chi connectivity index (χ1n) is 6.23. The van der Waals surface area contributed by atoms with Crippen LogP contribution in [-0.2, 0) is 4.74 Å². The van der Waals surface area contributed by atoms with E-state index in [1.54, 1.807) is 18.4 Å². The van der Waals surface area contributed by atoms with Gasteiger partial charge in [0.05, 0.1) is 16.7 Å². The molecule has 0 aromatic carbocycles. The van der Waals surface area contributed by atoms with Crippen LogP contribution in [0.5, 0.6) is 0 Å². The van der Waals surface area contributed by atoms with Crippen LogP contribution in [0.2, 0.25) is 5.02 Å². The quantitative estimate of drug-likeness (QED) is 0.840. The lowest BCUT2D eigenvalue weighted by molar-refractivity contribution is -0.0433. The highest BCUT2D eigenvalue weighted by Gasteiger charge is 2.39. The number of rotatable bonds is 3. The van der Waals surface area contributed by atoms with Crippen molar-refractivity contribution in [1.82, 2.24) is 0 Å². The number of methoxy groups -OCH3 is 1. The van der Waals surface area contributed by atoms with Gasteiger partial charge in [-0.3, -0.25) is 0 Å². The highest BCUT2D eigenvalue weighted by molar-refractivity contribution is 7.10. The van der Waals surface area contributed by atoms with Gasteiger partial charge in [-0.05, 0) is 24.3 Å². The molecule has 2 rings (SSSR count). The van der Waals surface area contributed by atoms with E-state index in [9.17, 15) is 0 Å². The first kappa shape index (κ1) is 13.3.